The maximum atomic E-state index is 11.7. The summed E-state index contributed by atoms with van der Waals surface area (Å²) in [7, 11) is -3.27. The van der Waals surface area contributed by atoms with Gasteiger partial charge in [-0.3, -0.25) is 4.72 Å². The van der Waals surface area contributed by atoms with Gasteiger partial charge >= 0.3 is 0 Å². The average Bonchev–Trinajstić information content (AvgIpc) is 2.42. The maximum absolute atomic E-state index is 11.7. The minimum Gasteiger partial charge on any atom is -0.353 e. The van der Waals surface area contributed by atoms with Gasteiger partial charge in [-0.2, -0.15) is 0 Å². The lowest BCUT2D eigenvalue weighted by Crippen LogP contribution is -2.29. The molecule has 0 unspecified atom stereocenters. The van der Waals surface area contributed by atoms with Crippen molar-refractivity contribution in [3.05, 3.63) is 12.3 Å². The third-order valence-electron chi connectivity index (χ3n) is 2.86. The Hall–Kier alpha value is -0.590. The Bertz CT molecular complexity index is 348. The van der Waals surface area contributed by atoms with E-state index in [1.54, 1.807) is 0 Å². The second-order valence-corrected chi connectivity index (χ2v) is 6.52. The molecule has 0 spiro atoms. The lowest BCUT2D eigenvalue weighted by molar-refractivity contribution is -0.178. The number of ether oxygens (including phenoxy) is 2. The normalized spacial score (nSPS) is 17.9. The van der Waals surface area contributed by atoms with Crippen molar-refractivity contribution in [2.45, 2.75) is 51.7 Å². The number of hydrogen-bond donors (Lipinski definition) is 1. The van der Waals surface area contributed by atoms with Gasteiger partial charge in [0, 0.05) is 12.6 Å². The van der Waals surface area contributed by atoms with E-state index in [2.05, 4.69) is 11.6 Å². The van der Waals surface area contributed by atoms with E-state index in [9.17, 15) is 8.42 Å². The molecule has 0 aromatic rings. The zero-order valence-corrected chi connectivity index (χ0v) is 12.5. The lowest BCUT2D eigenvalue weighted by atomic mass is 10.2. The molecular weight excluding hydrogens is 266 g/mol. The van der Waals surface area contributed by atoms with Gasteiger partial charge in [0.2, 0.25) is 10.0 Å². The molecule has 0 aliphatic carbocycles. The number of sulfonamides is 1. The van der Waals surface area contributed by atoms with Crippen LogP contribution in [-0.4, -0.2) is 33.7 Å². The molecule has 1 rings (SSSR count). The van der Waals surface area contributed by atoms with Crippen LogP contribution in [0.15, 0.2) is 12.3 Å². The Morgan fingerprint density at radius 3 is 2.68 bits per heavy atom. The molecular formula is C13H25NO4S. The molecule has 0 saturated carbocycles. The van der Waals surface area contributed by atoms with Crippen LogP contribution in [0.25, 0.3) is 0 Å². The van der Waals surface area contributed by atoms with E-state index < -0.39 is 10.0 Å². The van der Waals surface area contributed by atoms with Crippen molar-refractivity contribution >= 4 is 10.0 Å². The van der Waals surface area contributed by atoms with E-state index in [0.717, 1.165) is 19.3 Å². The smallest absolute Gasteiger partial charge is 0.232 e. The molecule has 19 heavy (non-hydrogen) atoms. The van der Waals surface area contributed by atoms with E-state index in [1.807, 2.05) is 6.08 Å². The minimum atomic E-state index is -3.27. The summed E-state index contributed by atoms with van der Waals surface area (Å²) in [4.78, 5) is 0. The average molecular weight is 291 g/mol. The van der Waals surface area contributed by atoms with Crippen LogP contribution in [0.5, 0.6) is 0 Å². The molecule has 5 nitrogen and oxygen atoms in total. The first-order valence-electron chi connectivity index (χ1n) is 7.02. The molecule has 0 atom stereocenters. The predicted molar refractivity (Wildman–Crippen MR) is 75.1 cm³/mol. The molecule has 1 heterocycles. The highest BCUT2D eigenvalue weighted by molar-refractivity contribution is 7.89. The van der Waals surface area contributed by atoms with Crippen molar-refractivity contribution < 1.29 is 17.9 Å². The predicted octanol–water partition coefficient (Wildman–Crippen LogP) is 2.15. The summed E-state index contributed by atoms with van der Waals surface area (Å²) in [5.74, 6) is 0.0248. The van der Waals surface area contributed by atoms with Gasteiger partial charge in [0.05, 0.1) is 19.0 Å². The number of allylic oxidation sites excluding steroid dienone is 1. The molecule has 0 aromatic carbocycles. The van der Waals surface area contributed by atoms with Gasteiger partial charge in [-0.1, -0.05) is 25.8 Å². The summed E-state index contributed by atoms with van der Waals surface area (Å²) < 4.78 is 36.5. The van der Waals surface area contributed by atoms with Crippen molar-refractivity contribution in [3.8, 4) is 0 Å². The summed E-state index contributed by atoms with van der Waals surface area (Å²) in [5, 5.41) is 0. The van der Waals surface area contributed by atoms with E-state index in [-0.39, 0.29) is 12.0 Å². The highest BCUT2D eigenvalue weighted by Crippen LogP contribution is 2.09. The van der Waals surface area contributed by atoms with E-state index in [0.29, 0.717) is 19.6 Å². The molecule has 1 aliphatic rings. The number of unbranched alkanes of at least 4 members (excludes halogenated alkanes) is 3. The summed E-state index contributed by atoms with van der Waals surface area (Å²) in [6.07, 6.45) is 8.60. The van der Waals surface area contributed by atoms with Crippen LogP contribution in [0.2, 0.25) is 0 Å². The molecule has 6 heteroatoms. The first kappa shape index (κ1) is 16.5. The topological polar surface area (TPSA) is 64.6 Å². The number of nitrogens with one attached hydrogen (secondary N) is 1. The highest BCUT2D eigenvalue weighted by atomic mass is 32.2. The molecule has 1 saturated heterocycles. The van der Waals surface area contributed by atoms with Gasteiger partial charge in [0.15, 0.2) is 6.29 Å². The van der Waals surface area contributed by atoms with E-state index in [1.165, 1.54) is 19.0 Å². The Morgan fingerprint density at radius 1 is 1.26 bits per heavy atom. The quantitative estimate of drug-likeness (QED) is 0.661. The molecule has 0 aromatic heterocycles. The van der Waals surface area contributed by atoms with Crippen LogP contribution in [0.1, 0.15) is 45.4 Å². The van der Waals surface area contributed by atoms with Gasteiger partial charge in [-0.25, -0.2) is 8.42 Å². The fourth-order valence-electron chi connectivity index (χ4n) is 1.76. The van der Waals surface area contributed by atoms with Crippen LogP contribution in [0.4, 0.5) is 0 Å². The summed E-state index contributed by atoms with van der Waals surface area (Å²) in [6.45, 7) is 3.44. The number of rotatable bonds is 9. The maximum Gasteiger partial charge on any atom is 0.232 e. The zero-order valence-electron chi connectivity index (χ0n) is 11.6. The van der Waals surface area contributed by atoms with Crippen LogP contribution < -0.4 is 4.72 Å². The highest BCUT2D eigenvalue weighted by Gasteiger charge is 2.17. The van der Waals surface area contributed by atoms with Gasteiger partial charge < -0.3 is 9.47 Å². The van der Waals surface area contributed by atoms with Gasteiger partial charge in [-0.05, 0) is 19.3 Å². The fourth-order valence-corrected chi connectivity index (χ4v) is 2.69. The van der Waals surface area contributed by atoms with E-state index >= 15 is 0 Å². The van der Waals surface area contributed by atoms with Crippen LogP contribution in [0.3, 0.4) is 0 Å². The fraction of sp³-hybridized carbons (Fsp3) is 0.846. The lowest BCUT2D eigenvalue weighted by Gasteiger charge is -2.22. The standard InChI is InChI=1S/C13H25NO4S/c1-2-3-4-5-6-9-14-19(15,16)12-8-13-17-10-7-11-18-13/h6,9,13-14H,2-5,7-8,10-12H2,1H3/b9-6+. The molecule has 112 valence electrons. The largest absolute Gasteiger partial charge is 0.353 e. The second-order valence-electron chi connectivity index (χ2n) is 4.65. The van der Waals surface area contributed by atoms with E-state index in [4.69, 9.17) is 9.47 Å². The Balaban J connectivity index is 2.16. The summed E-state index contributed by atoms with van der Waals surface area (Å²) in [6, 6.07) is 0. The minimum absolute atomic E-state index is 0.0248. The van der Waals surface area contributed by atoms with Crippen molar-refractivity contribution in [3.63, 3.8) is 0 Å². The molecule has 0 amide bonds. The third kappa shape index (κ3) is 8.23. The van der Waals surface area contributed by atoms with Gasteiger partial charge in [0.1, 0.15) is 0 Å². The summed E-state index contributed by atoms with van der Waals surface area (Å²) >= 11 is 0. The Morgan fingerprint density at radius 2 is 2.00 bits per heavy atom. The SMILES string of the molecule is CCCCC/C=C/NS(=O)(=O)CCC1OCCCO1. The van der Waals surface area contributed by atoms with Crippen molar-refractivity contribution in [1.82, 2.24) is 4.72 Å². The van der Waals surface area contributed by atoms with Gasteiger partial charge in [0.25, 0.3) is 0 Å². The monoisotopic (exact) mass is 291 g/mol. The Kier molecular flexibility index (Phi) is 8.09. The molecule has 1 N–H and O–H groups in total. The van der Waals surface area contributed by atoms with Crippen molar-refractivity contribution in [2.75, 3.05) is 19.0 Å². The number of hydrogen-bond acceptors (Lipinski definition) is 4. The molecule has 1 fully saturated rings. The van der Waals surface area contributed by atoms with Gasteiger partial charge in [-0.15, -0.1) is 0 Å². The van der Waals surface area contributed by atoms with Crippen molar-refractivity contribution in [1.29, 1.82) is 0 Å². The molecule has 0 bridgehead atoms. The molecule has 0 radical (unpaired) electrons. The van der Waals surface area contributed by atoms with Crippen LogP contribution in [0, 0.1) is 0 Å². The Labute approximate surface area is 116 Å². The van der Waals surface area contributed by atoms with Crippen LogP contribution >= 0.6 is 0 Å². The van der Waals surface area contributed by atoms with Crippen LogP contribution in [-0.2, 0) is 19.5 Å². The second kappa shape index (κ2) is 9.34. The zero-order chi connectivity index (χ0) is 14.0. The first-order chi connectivity index (χ1) is 9.14. The third-order valence-corrected chi connectivity index (χ3v) is 4.13. The molecule has 1 aliphatic heterocycles. The first-order valence-corrected chi connectivity index (χ1v) is 8.67. The van der Waals surface area contributed by atoms with Crippen molar-refractivity contribution in [2.24, 2.45) is 0 Å². The summed E-state index contributed by atoms with van der Waals surface area (Å²) in [5.41, 5.74) is 0.